The summed E-state index contributed by atoms with van der Waals surface area (Å²) >= 11 is 1.49. The number of carbonyl (C=O) groups is 1. The van der Waals surface area contributed by atoms with Gasteiger partial charge < -0.3 is 15.2 Å². The SMILES string of the molecule is CCOc1ccc(-c2csc(Nc3ccc(C(=O)O)cc3)n2)cc1. The topological polar surface area (TPSA) is 71.5 Å². The lowest BCUT2D eigenvalue weighted by molar-refractivity contribution is 0.0697. The van der Waals surface area contributed by atoms with Crippen LogP contribution in [0.5, 0.6) is 5.75 Å². The van der Waals surface area contributed by atoms with E-state index in [0.29, 0.717) is 6.61 Å². The fourth-order valence-electron chi connectivity index (χ4n) is 2.17. The number of benzene rings is 2. The molecule has 6 heteroatoms. The molecular weight excluding hydrogens is 324 g/mol. The van der Waals surface area contributed by atoms with E-state index in [-0.39, 0.29) is 5.56 Å². The summed E-state index contributed by atoms with van der Waals surface area (Å²) < 4.78 is 5.44. The van der Waals surface area contributed by atoms with Crippen LogP contribution < -0.4 is 10.1 Å². The van der Waals surface area contributed by atoms with Crippen LogP contribution in [-0.4, -0.2) is 22.7 Å². The molecule has 0 unspecified atom stereocenters. The predicted octanol–water partition coefficient (Wildman–Crippen LogP) is 4.65. The van der Waals surface area contributed by atoms with Crippen molar-refractivity contribution < 1.29 is 14.6 Å². The van der Waals surface area contributed by atoms with Gasteiger partial charge in [-0.1, -0.05) is 0 Å². The molecule has 0 aliphatic rings. The van der Waals surface area contributed by atoms with Crippen molar-refractivity contribution in [1.29, 1.82) is 0 Å². The van der Waals surface area contributed by atoms with E-state index in [4.69, 9.17) is 9.84 Å². The predicted molar refractivity (Wildman–Crippen MR) is 95.4 cm³/mol. The third kappa shape index (κ3) is 3.72. The lowest BCUT2D eigenvalue weighted by atomic mass is 10.2. The van der Waals surface area contributed by atoms with Gasteiger partial charge in [0, 0.05) is 16.6 Å². The number of hydrogen-bond acceptors (Lipinski definition) is 5. The van der Waals surface area contributed by atoms with Gasteiger partial charge in [0.2, 0.25) is 0 Å². The molecule has 0 saturated carbocycles. The zero-order valence-corrected chi connectivity index (χ0v) is 13.8. The molecule has 5 nitrogen and oxygen atoms in total. The van der Waals surface area contributed by atoms with Crippen molar-refractivity contribution >= 4 is 28.1 Å². The minimum absolute atomic E-state index is 0.259. The van der Waals surface area contributed by atoms with E-state index >= 15 is 0 Å². The lowest BCUT2D eigenvalue weighted by Crippen LogP contribution is -1.96. The quantitative estimate of drug-likeness (QED) is 0.683. The van der Waals surface area contributed by atoms with E-state index in [0.717, 1.165) is 27.8 Å². The van der Waals surface area contributed by atoms with Gasteiger partial charge in [0.1, 0.15) is 5.75 Å². The van der Waals surface area contributed by atoms with Crippen LogP contribution in [0.25, 0.3) is 11.3 Å². The van der Waals surface area contributed by atoms with Crippen molar-refractivity contribution in [2.45, 2.75) is 6.92 Å². The van der Waals surface area contributed by atoms with E-state index in [9.17, 15) is 4.79 Å². The smallest absolute Gasteiger partial charge is 0.335 e. The van der Waals surface area contributed by atoms with Crippen LogP contribution in [-0.2, 0) is 0 Å². The molecule has 1 aromatic heterocycles. The highest BCUT2D eigenvalue weighted by atomic mass is 32.1. The summed E-state index contributed by atoms with van der Waals surface area (Å²) in [5.74, 6) is -0.0954. The van der Waals surface area contributed by atoms with Crippen LogP contribution in [0.1, 0.15) is 17.3 Å². The van der Waals surface area contributed by atoms with Gasteiger partial charge in [0.25, 0.3) is 0 Å². The molecule has 1 heterocycles. The molecule has 3 rings (SSSR count). The van der Waals surface area contributed by atoms with Crippen LogP contribution in [0.15, 0.2) is 53.9 Å². The third-order valence-corrected chi connectivity index (χ3v) is 4.11. The highest BCUT2D eigenvalue weighted by Gasteiger charge is 2.06. The van der Waals surface area contributed by atoms with Crippen LogP contribution in [0.4, 0.5) is 10.8 Å². The Balaban J connectivity index is 1.72. The molecular formula is C18H16N2O3S. The molecule has 0 atom stereocenters. The second kappa shape index (κ2) is 7.14. The number of anilines is 2. The molecule has 0 fully saturated rings. The van der Waals surface area contributed by atoms with Crippen molar-refractivity contribution in [2.75, 3.05) is 11.9 Å². The van der Waals surface area contributed by atoms with Gasteiger partial charge in [-0.05, 0) is 55.5 Å². The average molecular weight is 340 g/mol. The summed E-state index contributed by atoms with van der Waals surface area (Å²) in [6, 6.07) is 14.4. The first kappa shape index (κ1) is 16.0. The highest BCUT2D eigenvalue weighted by Crippen LogP contribution is 2.28. The average Bonchev–Trinajstić information content (AvgIpc) is 3.05. The number of rotatable bonds is 6. The normalized spacial score (nSPS) is 10.4. The molecule has 0 aliphatic carbocycles. The molecule has 24 heavy (non-hydrogen) atoms. The summed E-state index contributed by atoms with van der Waals surface area (Å²) in [6.45, 7) is 2.60. The summed E-state index contributed by atoms with van der Waals surface area (Å²) in [5.41, 5.74) is 2.96. The maximum atomic E-state index is 10.9. The zero-order chi connectivity index (χ0) is 16.9. The molecule has 0 amide bonds. The second-order valence-corrected chi connectivity index (χ2v) is 5.86. The largest absolute Gasteiger partial charge is 0.494 e. The number of nitrogens with zero attached hydrogens (tertiary/aromatic N) is 1. The maximum Gasteiger partial charge on any atom is 0.335 e. The van der Waals surface area contributed by atoms with E-state index in [1.807, 2.05) is 36.6 Å². The molecule has 0 bridgehead atoms. The Kier molecular flexibility index (Phi) is 4.77. The molecule has 0 radical (unpaired) electrons. The summed E-state index contributed by atoms with van der Waals surface area (Å²) in [6.07, 6.45) is 0. The second-order valence-electron chi connectivity index (χ2n) is 5.00. The standard InChI is InChI=1S/C18H16N2O3S/c1-2-23-15-9-5-12(6-10-15)16-11-24-18(20-16)19-14-7-3-13(4-8-14)17(21)22/h3-11H,2H2,1H3,(H,19,20)(H,21,22). The van der Waals surface area contributed by atoms with E-state index in [1.54, 1.807) is 24.3 Å². The lowest BCUT2D eigenvalue weighted by Gasteiger charge is -2.04. The molecule has 0 saturated heterocycles. The summed E-state index contributed by atoms with van der Waals surface area (Å²) in [4.78, 5) is 15.4. The van der Waals surface area contributed by atoms with Gasteiger partial charge in [0.05, 0.1) is 17.9 Å². The van der Waals surface area contributed by atoms with Crippen LogP contribution in [0.3, 0.4) is 0 Å². The van der Waals surface area contributed by atoms with Crippen molar-refractivity contribution in [3.63, 3.8) is 0 Å². The Morgan fingerprint density at radius 2 is 1.88 bits per heavy atom. The number of aromatic nitrogens is 1. The number of carboxylic acids is 1. The Morgan fingerprint density at radius 3 is 2.50 bits per heavy atom. The van der Waals surface area contributed by atoms with Gasteiger partial charge in [-0.15, -0.1) is 11.3 Å². The Bertz CT molecular complexity index is 826. The summed E-state index contributed by atoms with van der Waals surface area (Å²) in [7, 11) is 0. The van der Waals surface area contributed by atoms with Crippen LogP contribution in [0.2, 0.25) is 0 Å². The van der Waals surface area contributed by atoms with Gasteiger partial charge in [0.15, 0.2) is 5.13 Å². The molecule has 122 valence electrons. The van der Waals surface area contributed by atoms with Crippen molar-refractivity contribution in [3.8, 4) is 17.0 Å². The Hall–Kier alpha value is -2.86. The van der Waals surface area contributed by atoms with Crippen molar-refractivity contribution in [3.05, 3.63) is 59.5 Å². The monoisotopic (exact) mass is 340 g/mol. The van der Waals surface area contributed by atoms with Gasteiger partial charge in [-0.25, -0.2) is 9.78 Å². The summed E-state index contributed by atoms with van der Waals surface area (Å²) in [5, 5.41) is 14.8. The van der Waals surface area contributed by atoms with Crippen LogP contribution in [0, 0.1) is 0 Å². The number of nitrogens with one attached hydrogen (secondary N) is 1. The minimum Gasteiger partial charge on any atom is -0.494 e. The number of thiazole rings is 1. The van der Waals surface area contributed by atoms with E-state index < -0.39 is 5.97 Å². The van der Waals surface area contributed by atoms with Gasteiger partial charge in [-0.2, -0.15) is 0 Å². The number of carboxylic acid groups (broad SMARTS) is 1. The molecule has 2 aromatic carbocycles. The first-order valence-electron chi connectivity index (χ1n) is 7.45. The molecule has 0 aliphatic heterocycles. The Morgan fingerprint density at radius 1 is 1.17 bits per heavy atom. The fraction of sp³-hybridized carbons (Fsp3) is 0.111. The van der Waals surface area contributed by atoms with Gasteiger partial charge >= 0.3 is 5.97 Å². The fourth-order valence-corrected chi connectivity index (χ4v) is 2.91. The van der Waals surface area contributed by atoms with Crippen molar-refractivity contribution in [1.82, 2.24) is 4.98 Å². The number of aromatic carboxylic acids is 1. The van der Waals surface area contributed by atoms with E-state index in [2.05, 4.69) is 10.3 Å². The van der Waals surface area contributed by atoms with E-state index in [1.165, 1.54) is 11.3 Å². The molecule has 0 spiro atoms. The molecule has 3 aromatic rings. The maximum absolute atomic E-state index is 10.9. The van der Waals surface area contributed by atoms with Crippen molar-refractivity contribution in [2.24, 2.45) is 0 Å². The molecule has 2 N–H and O–H groups in total. The number of hydrogen-bond donors (Lipinski definition) is 2. The minimum atomic E-state index is -0.936. The number of ether oxygens (including phenoxy) is 1. The zero-order valence-electron chi connectivity index (χ0n) is 13.0. The third-order valence-electron chi connectivity index (χ3n) is 3.35. The first-order valence-corrected chi connectivity index (χ1v) is 8.33. The highest BCUT2D eigenvalue weighted by molar-refractivity contribution is 7.14. The van der Waals surface area contributed by atoms with Gasteiger partial charge in [-0.3, -0.25) is 0 Å². The Labute approximate surface area is 143 Å². The van der Waals surface area contributed by atoms with Crippen LogP contribution >= 0.6 is 11.3 Å². The first-order chi connectivity index (χ1) is 11.7.